The fraction of sp³-hybridized carbons (Fsp3) is 0.0909. The van der Waals surface area contributed by atoms with E-state index in [0.717, 1.165) is 0 Å². The maximum atomic E-state index is 12.5. The van der Waals surface area contributed by atoms with Gasteiger partial charge in [0.15, 0.2) is 5.69 Å². The van der Waals surface area contributed by atoms with Crippen LogP contribution in [0.1, 0.15) is 5.69 Å². The van der Waals surface area contributed by atoms with Gasteiger partial charge in [-0.3, -0.25) is 4.79 Å². The lowest BCUT2D eigenvalue weighted by atomic mass is 10.1. The van der Waals surface area contributed by atoms with Crippen LogP contribution in [0.15, 0.2) is 29.2 Å². The summed E-state index contributed by atoms with van der Waals surface area (Å²) in [5, 5.41) is 0.349. The third kappa shape index (κ3) is 2.90. The minimum absolute atomic E-state index is 0.0461. The minimum Gasteiger partial charge on any atom is -0.325 e. The summed E-state index contributed by atoms with van der Waals surface area (Å²) in [6.07, 6.45) is -4.15. The number of benzene rings is 1. The van der Waals surface area contributed by atoms with E-state index in [1.54, 1.807) is 0 Å². The summed E-state index contributed by atoms with van der Waals surface area (Å²) in [6.45, 7) is 0. The van der Waals surface area contributed by atoms with Crippen LogP contribution in [0, 0.1) is 0 Å². The predicted octanol–water partition coefficient (Wildman–Crippen LogP) is 3.76. The second-order valence-corrected chi connectivity index (χ2v) is 4.43. The molecule has 0 spiro atoms. The van der Waals surface area contributed by atoms with Gasteiger partial charge in [-0.15, -0.1) is 0 Å². The number of H-pyrrole nitrogens is 1. The number of hydrogen-bond donors (Lipinski definition) is 1. The largest absolute Gasteiger partial charge is 0.434 e. The van der Waals surface area contributed by atoms with Crippen molar-refractivity contribution >= 4 is 23.2 Å². The molecule has 1 heterocycles. The molecule has 0 saturated heterocycles. The number of aromatic amines is 1. The van der Waals surface area contributed by atoms with E-state index in [2.05, 4.69) is 4.98 Å². The van der Waals surface area contributed by atoms with E-state index in [1.165, 1.54) is 18.2 Å². The molecule has 0 aliphatic rings. The third-order valence-corrected chi connectivity index (χ3v) is 2.81. The van der Waals surface area contributed by atoms with Gasteiger partial charge in [-0.05, 0) is 18.2 Å². The summed E-state index contributed by atoms with van der Waals surface area (Å²) in [6, 6.07) is 4.06. The lowest BCUT2D eigenvalue weighted by Gasteiger charge is -2.08. The Bertz CT molecular complexity index is 682. The molecule has 0 aliphatic carbocycles. The molecular weight excluding hydrogens is 304 g/mol. The second-order valence-electron chi connectivity index (χ2n) is 3.59. The molecule has 0 bridgehead atoms. The number of halogens is 5. The zero-order valence-electron chi connectivity index (χ0n) is 9.05. The Morgan fingerprint density at radius 3 is 2.47 bits per heavy atom. The SMILES string of the molecule is O=c1[nH]cc(C(F)(F)F)nc1-c1ccc(Cl)cc1Cl. The summed E-state index contributed by atoms with van der Waals surface area (Å²) in [4.78, 5) is 16.9. The van der Waals surface area contributed by atoms with Crippen molar-refractivity contribution in [3.63, 3.8) is 0 Å². The molecule has 0 unspecified atom stereocenters. The first kappa shape index (κ1) is 13.9. The zero-order valence-corrected chi connectivity index (χ0v) is 10.6. The van der Waals surface area contributed by atoms with Gasteiger partial charge < -0.3 is 4.98 Å². The first-order valence-electron chi connectivity index (χ1n) is 4.91. The van der Waals surface area contributed by atoms with Crippen molar-refractivity contribution in [2.75, 3.05) is 0 Å². The van der Waals surface area contributed by atoms with Crippen molar-refractivity contribution in [2.45, 2.75) is 6.18 Å². The molecule has 0 fully saturated rings. The molecular formula is C11H5Cl2F3N2O. The van der Waals surface area contributed by atoms with Crippen molar-refractivity contribution < 1.29 is 13.2 Å². The highest BCUT2D eigenvalue weighted by Crippen LogP contribution is 2.30. The molecule has 0 aliphatic heterocycles. The molecule has 0 radical (unpaired) electrons. The van der Waals surface area contributed by atoms with Crippen molar-refractivity contribution in [3.05, 3.63) is 50.5 Å². The Morgan fingerprint density at radius 2 is 1.89 bits per heavy atom. The van der Waals surface area contributed by atoms with E-state index in [9.17, 15) is 18.0 Å². The van der Waals surface area contributed by atoms with Gasteiger partial charge in [-0.25, -0.2) is 4.98 Å². The molecule has 1 aromatic heterocycles. The number of aromatic nitrogens is 2. The first-order chi connectivity index (χ1) is 8.79. The Kier molecular flexibility index (Phi) is 3.56. The quantitative estimate of drug-likeness (QED) is 0.871. The smallest absolute Gasteiger partial charge is 0.325 e. The van der Waals surface area contributed by atoms with Crippen LogP contribution in [0.5, 0.6) is 0 Å². The van der Waals surface area contributed by atoms with Crippen LogP contribution in [0.4, 0.5) is 13.2 Å². The number of nitrogens with one attached hydrogen (secondary N) is 1. The van der Waals surface area contributed by atoms with Gasteiger partial charge in [0.25, 0.3) is 5.56 Å². The van der Waals surface area contributed by atoms with Gasteiger partial charge in [0.1, 0.15) is 5.69 Å². The van der Waals surface area contributed by atoms with Crippen LogP contribution in [-0.2, 0) is 6.18 Å². The van der Waals surface area contributed by atoms with Gasteiger partial charge in [0.2, 0.25) is 0 Å². The molecule has 0 saturated carbocycles. The summed E-state index contributed by atoms with van der Waals surface area (Å²) >= 11 is 11.5. The van der Waals surface area contributed by atoms with E-state index in [0.29, 0.717) is 11.2 Å². The van der Waals surface area contributed by atoms with Gasteiger partial charge in [0, 0.05) is 16.8 Å². The molecule has 2 aromatic rings. The topological polar surface area (TPSA) is 45.8 Å². The summed E-state index contributed by atoms with van der Waals surface area (Å²) in [7, 11) is 0. The Morgan fingerprint density at radius 1 is 1.21 bits per heavy atom. The molecule has 0 amide bonds. The van der Waals surface area contributed by atoms with Crippen molar-refractivity contribution in [2.24, 2.45) is 0 Å². The molecule has 100 valence electrons. The summed E-state index contributed by atoms with van der Waals surface area (Å²) in [5.74, 6) is 0. The van der Waals surface area contributed by atoms with Gasteiger partial charge in [-0.1, -0.05) is 23.2 Å². The standard InChI is InChI=1S/C11H5Cl2F3N2O/c12-5-1-2-6(7(13)3-5)9-10(19)17-4-8(18-9)11(14,15)16/h1-4H,(H,17,19). The zero-order chi connectivity index (χ0) is 14.2. The van der Waals surface area contributed by atoms with Crippen LogP contribution in [0.25, 0.3) is 11.3 Å². The lowest BCUT2D eigenvalue weighted by Crippen LogP contribution is -2.17. The van der Waals surface area contributed by atoms with Crippen LogP contribution < -0.4 is 5.56 Å². The average Bonchev–Trinajstić information content (AvgIpc) is 2.29. The molecule has 1 N–H and O–H groups in total. The lowest BCUT2D eigenvalue weighted by molar-refractivity contribution is -0.141. The molecule has 3 nitrogen and oxygen atoms in total. The van der Waals surface area contributed by atoms with Crippen LogP contribution in [0.2, 0.25) is 10.0 Å². The Labute approximate surface area is 115 Å². The second kappa shape index (κ2) is 4.86. The van der Waals surface area contributed by atoms with E-state index < -0.39 is 23.1 Å². The van der Waals surface area contributed by atoms with Gasteiger partial charge >= 0.3 is 6.18 Å². The predicted molar refractivity (Wildman–Crippen MR) is 65.3 cm³/mol. The highest BCUT2D eigenvalue weighted by Gasteiger charge is 2.33. The average molecular weight is 309 g/mol. The van der Waals surface area contributed by atoms with Crippen LogP contribution in [-0.4, -0.2) is 9.97 Å². The van der Waals surface area contributed by atoms with Gasteiger partial charge in [0.05, 0.1) is 5.02 Å². The summed E-state index contributed by atoms with van der Waals surface area (Å²) in [5.41, 5.74) is -2.29. The van der Waals surface area contributed by atoms with Crippen molar-refractivity contribution in [1.82, 2.24) is 9.97 Å². The van der Waals surface area contributed by atoms with Crippen LogP contribution in [0.3, 0.4) is 0 Å². The third-order valence-electron chi connectivity index (χ3n) is 2.26. The maximum Gasteiger partial charge on any atom is 0.434 e. The molecule has 1 aromatic carbocycles. The maximum absolute atomic E-state index is 12.5. The van der Waals surface area contributed by atoms with Crippen molar-refractivity contribution in [3.8, 4) is 11.3 Å². The van der Waals surface area contributed by atoms with E-state index >= 15 is 0 Å². The highest BCUT2D eigenvalue weighted by molar-refractivity contribution is 6.36. The highest BCUT2D eigenvalue weighted by atomic mass is 35.5. The Balaban J connectivity index is 2.65. The number of nitrogens with zero attached hydrogens (tertiary/aromatic N) is 1. The van der Waals surface area contributed by atoms with E-state index in [4.69, 9.17) is 23.2 Å². The molecule has 2 rings (SSSR count). The van der Waals surface area contributed by atoms with Crippen molar-refractivity contribution in [1.29, 1.82) is 0 Å². The monoisotopic (exact) mass is 308 g/mol. The van der Waals surface area contributed by atoms with E-state index in [-0.39, 0.29) is 10.6 Å². The molecule has 0 atom stereocenters. The number of hydrogen-bond acceptors (Lipinski definition) is 2. The molecule has 8 heteroatoms. The normalized spacial score (nSPS) is 11.6. The number of alkyl halides is 3. The van der Waals surface area contributed by atoms with Gasteiger partial charge in [-0.2, -0.15) is 13.2 Å². The first-order valence-corrected chi connectivity index (χ1v) is 5.67. The minimum atomic E-state index is -4.65. The van der Waals surface area contributed by atoms with Crippen LogP contribution >= 0.6 is 23.2 Å². The Hall–Kier alpha value is -1.53. The summed E-state index contributed by atoms with van der Waals surface area (Å²) < 4.78 is 37.6. The fourth-order valence-electron chi connectivity index (χ4n) is 1.42. The van der Waals surface area contributed by atoms with E-state index in [1.807, 2.05) is 4.98 Å². The number of rotatable bonds is 1. The fourth-order valence-corrected chi connectivity index (χ4v) is 1.91. The molecule has 19 heavy (non-hydrogen) atoms.